The molecule has 1 heterocycles. The Bertz CT molecular complexity index is 432. The van der Waals surface area contributed by atoms with Crippen molar-refractivity contribution in [3.8, 4) is 0 Å². The number of halogens is 2. The lowest BCUT2D eigenvalue weighted by atomic mass is 9.96. The summed E-state index contributed by atoms with van der Waals surface area (Å²) in [4.78, 5) is 16.5. The molecule has 1 aromatic heterocycles. The van der Waals surface area contributed by atoms with E-state index in [-0.39, 0.29) is 5.41 Å². The molecule has 0 atom stereocenters. The second-order valence-corrected chi connectivity index (χ2v) is 6.44. The molecule has 94 valence electrons. The van der Waals surface area contributed by atoms with Crippen molar-refractivity contribution in [1.29, 1.82) is 0 Å². The van der Waals surface area contributed by atoms with Gasteiger partial charge in [-0.25, -0.2) is 9.78 Å². The van der Waals surface area contributed by atoms with Crippen molar-refractivity contribution in [1.82, 2.24) is 4.98 Å². The number of nitrogens with zero attached hydrogens (tertiary/aromatic N) is 2. The molecule has 0 aromatic carbocycles. The highest BCUT2D eigenvalue weighted by Gasteiger charge is 2.23. The first-order valence-corrected chi connectivity index (χ1v) is 6.48. The first-order valence-electron chi connectivity index (χ1n) is 5.02. The van der Waals surface area contributed by atoms with E-state index < -0.39 is 6.09 Å². The minimum Gasteiger partial charge on any atom is -0.465 e. The average molecular weight is 369 g/mol. The summed E-state index contributed by atoms with van der Waals surface area (Å²) in [6, 6.07) is 1.65. The molecule has 0 radical (unpaired) electrons. The van der Waals surface area contributed by atoms with Gasteiger partial charge in [0.1, 0.15) is 5.15 Å². The van der Waals surface area contributed by atoms with Crippen LogP contribution in [0.3, 0.4) is 0 Å². The van der Waals surface area contributed by atoms with Crippen molar-refractivity contribution >= 4 is 46.0 Å². The van der Waals surface area contributed by atoms with Gasteiger partial charge in [0.25, 0.3) is 0 Å². The molecule has 0 aliphatic carbocycles. The largest absolute Gasteiger partial charge is 0.465 e. The van der Waals surface area contributed by atoms with E-state index >= 15 is 0 Å². The lowest BCUT2D eigenvalue weighted by Crippen LogP contribution is -2.37. The predicted octanol–water partition coefficient (Wildman–Crippen LogP) is 3.87. The first-order chi connectivity index (χ1) is 7.70. The van der Waals surface area contributed by atoms with Gasteiger partial charge in [0.2, 0.25) is 0 Å². The van der Waals surface area contributed by atoms with Gasteiger partial charge in [-0.05, 0) is 34.1 Å². The van der Waals surface area contributed by atoms with E-state index in [1.165, 1.54) is 11.1 Å². The third kappa shape index (κ3) is 4.31. The predicted molar refractivity (Wildman–Crippen MR) is 76.8 cm³/mol. The summed E-state index contributed by atoms with van der Waals surface area (Å²) in [6.07, 6.45) is 0.506. The maximum atomic E-state index is 11.3. The van der Waals surface area contributed by atoms with Crippen LogP contribution in [0.2, 0.25) is 5.15 Å². The summed E-state index contributed by atoms with van der Waals surface area (Å²) in [5, 5.41) is 9.61. The maximum Gasteiger partial charge on any atom is 0.411 e. The SMILES string of the molecule is CC(C)(C)CN(C(=O)O)c1cnc(Cl)cc1I. The Kier molecular flexibility index (Phi) is 4.60. The summed E-state index contributed by atoms with van der Waals surface area (Å²) >= 11 is 7.81. The molecule has 0 aliphatic heterocycles. The fraction of sp³-hybridized carbons (Fsp3) is 0.455. The van der Waals surface area contributed by atoms with E-state index in [0.717, 1.165) is 3.57 Å². The van der Waals surface area contributed by atoms with Crippen LogP contribution in [0.25, 0.3) is 0 Å². The van der Waals surface area contributed by atoms with Crippen LogP contribution in [0.1, 0.15) is 20.8 Å². The molecule has 4 nitrogen and oxygen atoms in total. The smallest absolute Gasteiger partial charge is 0.411 e. The summed E-state index contributed by atoms with van der Waals surface area (Å²) in [7, 11) is 0. The zero-order valence-corrected chi connectivity index (χ0v) is 12.8. The van der Waals surface area contributed by atoms with Gasteiger partial charge in [-0.3, -0.25) is 4.90 Å². The van der Waals surface area contributed by atoms with Crippen molar-refractivity contribution < 1.29 is 9.90 Å². The van der Waals surface area contributed by atoms with Crippen molar-refractivity contribution in [2.75, 3.05) is 11.4 Å². The van der Waals surface area contributed by atoms with Crippen molar-refractivity contribution in [3.05, 3.63) is 21.0 Å². The number of aromatic nitrogens is 1. The van der Waals surface area contributed by atoms with E-state index in [2.05, 4.69) is 27.6 Å². The Balaban J connectivity index is 3.10. The molecule has 0 aliphatic rings. The number of pyridine rings is 1. The normalized spacial score (nSPS) is 11.4. The fourth-order valence-electron chi connectivity index (χ4n) is 1.33. The fourth-order valence-corrected chi connectivity index (χ4v) is 2.40. The van der Waals surface area contributed by atoms with Crippen molar-refractivity contribution in [2.45, 2.75) is 20.8 Å². The van der Waals surface area contributed by atoms with E-state index in [1.54, 1.807) is 6.07 Å². The molecular weight excluding hydrogens is 354 g/mol. The van der Waals surface area contributed by atoms with E-state index in [4.69, 9.17) is 11.6 Å². The van der Waals surface area contributed by atoms with E-state index in [0.29, 0.717) is 17.4 Å². The van der Waals surface area contributed by atoms with Crippen LogP contribution in [-0.4, -0.2) is 22.7 Å². The number of rotatable bonds is 2. The zero-order valence-electron chi connectivity index (χ0n) is 9.87. The Morgan fingerprint density at radius 2 is 2.18 bits per heavy atom. The summed E-state index contributed by atoms with van der Waals surface area (Å²) in [6.45, 7) is 6.36. The van der Waals surface area contributed by atoms with Crippen LogP contribution in [0, 0.1) is 8.99 Å². The van der Waals surface area contributed by atoms with E-state index in [1.807, 2.05) is 20.8 Å². The summed E-state index contributed by atoms with van der Waals surface area (Å²) in [5.41, 5.74) is 0.443. The van der Waals surface area contributed by atoms with Gasteiger partial charge in [-0.1, -0.05) is 32.4 Å². The molecule has 0 saturated heterocycles. The Labute approximate surface area is 119 Å². The Morgan fingerprint density at radius 3 is 2.59 bits per heavy atom. The summed E-state index contributed by atoms with van der Waals surface area (Å²) < 4.78 is 0.772. The molecule has 17 heavy (non-hydrogen) atoms. The second-order valence-electron chi connectivity index (χ2n) is 4.89. The average Bonchev–Trinajstić information content (AvgIpc) is 2.13. The molecule has 0 unspecified atom stereocenters. The van der Waals surface area contributed by atoms with Gasteiger partial charge < -0.3 is 5.11 Å². The van der Waals surface area contributed by atoms with Crippen LogP contribution < -0.4 is 4.90 Å². The number of hydrogen-bond acceptors (Lipinski definition) is 2. The third-order valence-corrected chi connectivity index (χ3v) is 3.03. The van der Waals surface area contributed by atoms with Gasteiger partial charge in [0.15, 0.2) is 0 Å². The molecular formula is C11H14ClIN2O2. The van der Waals surface area contributed by atoms with Gasteiger partial charge >= 0.3 is 6.09 Å². The highest BCUT2D eigenvalue weighted by molar-refractivity contribution is 14.1. The Hall–Kier alpha value is -0.560. The third-order valence-electron chi connectivity index (χ3n) is 1.95. The van der Waals surface area contributed by atoms with Crippen LogP contribution in [0.15, 0.2) is 12.3 Å². The number of carboxylic acid groups (broad SMARTS) is 1. The lowest BCUT2D eigenvalue weighted by molar-refractivity contribution is 0.198. The molecule has 0 bridgehead atoms. The zero-order chi connectivity index (χ0) is 13.2. The van der Waals surface area contributed by atoms with Gasteiger partial charge in [-0.2, -0.15) is 0 Å². The van der Waals surface area contributed by atoms with Gasteiger partial charge in [-0.15, -0.1) is 0 Å². The number of anilines is 1. The number of hydrogen-bond donors (Lipinski definition) is 1. The van der Waals surface area contributed by atoms with Crippen LogP contribution in [-0.2, 0) is 0 Å². The van der Waals surface area contributed by atoms with Gasteiger partial charge in [0, 0.05) is 10.1 Å². The number of carbonyl (C=O) groups is 1. The molecule has 6 heteroatoms. The highest BCUT2D eigenvalue weighted by atomic mass is 127. The highest BCUT2D eigenvalue weighted by Crippen LogP contribution is 2.27. The molecule has 0 fully saturated rings. The topological polar surface area (TPSA) is 53.4 Å². The molecule has 1 N–H and O–H groups in total. The van der Waals surface area contributed by atoms with Crippen LogP contribution >= 0.6 is 34.2 Å². The Morgan fingerprint density at radius 1 is 1.59 bits per heavy atom. The standard InChI is InChI=1S/C11H14ClIN2O2/c1-11(2,3)6-15(10(16)17)8-5-14-9(12)4-7(8)13/h4-5H,6H2,1-3H3,(H,16,17). The quantitative estimate of drug-likeness (QED) is 0.637. The lowest BCUT2D eigenvalue weighted by Gasteiger charge is -2.28. The monoisotopic (exact) mass is 368 g/mol. The van der Waals surface area contributed by atoms with Crippen LogP contribution in [0.4, 0.5) is 10.5 Å². The molecule has 1 amide bonds. The van der Waals surface area contributed by atoms with E-state index in [9.17, 15) is 9.90 Å². The minimum atomic E-state index is -0.984. The molecule has 0 spiro atoms. The molecule has 1 aromatic rings. The van der Waals surface area contributed by atoms with Crippen molar-refractivity contribution in [2.24, 2.45) is 5.41 Å². The molecule has 1 rings (SSSR count). The first kappa shape index (κ1) is 14.5. The maximum absolute atomic E-state index is 11.3. The van der Waals surface area contributed by atoms with Gasteiger partial charge in [0.05, 0.1) is 11.9 Å². The van der Waals surface area contributed by atoms with Crippen molar-refractivity contribution in [3.63, 3.8) is 0 Å². The number of amides is 1. The second kappa shape index (κ2) is 5.39. The summed E-state index contributed by atoms with van der Waals surface area (Å²) in [5.74, 6) is 0. The van der Waals surface area contributed by atoms with Crippen LogP contribution in [0.5, 0.6) is 0 Å². The minimum absolute atomic E-state index is 0.124. The molecule has 0 saturated carbocycles.